The topological polar surface area (TPSA) is 66.5 Å². The van der Waals surface area contributed by atoms with E-state index in [1.54, 1.807) is 18.2 Å². The number of anilines is 2. The fraction of sp³-hybridized carbons (Fsp3) is 0.240. The van der Waals surface area contributed by atoms with Crippen LogP contribution in [0, 0.1) is 0 Å². The predicted octanol–water partition coefficient (Wildman–Crippen LogP) is 6.54. The Labute approximate surface area is 207 Å². The van der Waals surface area contributed by atoms with Gasteiger partial charge in [-0.2, -0.15) is 13.2 Å². The summed E-state index contributed by atoms with van der Waals surface area (Å²) in [5, 5.41) is 2.03. The van der Waals surface area contributed by atoms with Crippen molar-refractivity contribution in [2.24, 2.45) is 0 Å². The molecule has 0 heterocycles. The van der Waals surface area contributed by atoms with Gasteiger partial charge in [-0.3, -0.25) is 9.10 Å². The Kier molecular flexibility index (Phi) is 8.45. The van der Waals surface area contributed by atoms with Gasteiger partial charge in [0.25, 0.3) is 10.0 Å². The minimum absolute atomic E-state index is 0.170. The van der Waals surface area contributed by atoms with Crippen LogP contribution in [0.25, 0.3) is 0 Å². The second-order valence-electron chi connectivity index (χ2n) is 7.84. The SMILES string of the molecule is CCCCc1ccc(NC(=O)CN(c2ccc(Cl)c(C(F)(F)F)c2)S(=O)(=O)c2ccccc2)cc1. The summed E-state index contributed by atoms with van der Waals surface area (Å²) in [6.45, 7) is 1.34. The van der Waals surface area contributed by atoms with E-state index in [0.29, 0.717) is 16.1 Å². The third-order valence-corrected chi connectivity index (χ3v) is 7.34. The van der Waals surface area contributed by atoms with Gasteiger partial charge in [0, 0.05) is 5.69 Å². The van der Waals surface area contributed by atoms with Crippen molar-refractivity contribution >= 4 is 38.9 Å². The van der Waals surface area contributed by atoms with Gasteiger partial charge in [0.05, 0.1) is 21.2 Å². The number of alkyl halides is 3. The number of nitrogens with one attached hydrogen (secondary N) is 1. The Morgan fingerprint density at radius 1 is 1.00 bits per heavy atom. The van der Waals surface area contributed by atoms with Crippen molar-refractivity contribution in [3.05, 3.63) is 88.9 Å². The second-order valence-corrected chi connectivity index (χ2v) is 10.1. The molecule has 0 fully saturated rings. The van der Waals surface area contributed by atoms with E-state index in [2.05, 4.69) is 12.2 Å². The lowest BCUT2D eigenvalue weighted by molar-refractivity contribution is -0.137. The highest BCUT2D eigenvalue weighted by Gasteiger charge is 2.35. The summed E-state index contributed by atoms with van der Waals surface area (Å²) in [5.74, 6) is -0.714. The van der Waals surface area contributed by atoms with E-state index in [0.717, 1.165) is 37.0 Å². The number of hydrogen-bond donors (Lipinski definition) is 1. The first-order chi connectivity index (χ1) is 16.5. The quantitative estimate of drug-likeness (QED) is 0.346. The highest BCUT2D eigenvalue weighted by Crippen LogP contribution is 2.38. The van der Waals surface area contributed by atoms with E-state index in [1.165, 1.54) is 24.3 Å². The highest BCUT2D eigenvalue weighted by atomic mass is 35.5. The van der Waals surface area contributed by atoms with Crippen LogP contribution in [-0.4, -0.2) is 20.9 Å². The molecule has 0 saturated carbocycles. The first-order valence-electron chi connectivity index (χ1n) is 10.9. The Bertz CT molecular complexity index is 1270. The van der Waals surface area contributed by atoms with Gasteiger partial charge >= 0.3 is 6.18 Å². The van der Waals surface area contributed by atoms with Crippen molar-refractivity contribution < 1.29 is 26.4 Å². The molecule has 0 radical (unpaired) electrons. The second kappa shape index (κ2) is 11.1. The predicted molar refractivity (Wildman–Crippen MR) is 131 cm³/mol. The van der Waals surface area contributed by atoms with Crippen LogP contribution < -0.4 is 9.62 Å². The maximum absolute atomic E-state index is 13.4. The highest BCUT2D eigenvalue weighted by molar-refractivity contribution is 7.92. The number of unbranched alkanes of at least 4 members (excludes halogenated alkanes) is 1. The number of aryl methyl sites for hydroxylation is 1. The molecular weight excluding hydrogens is 501 g/mol. The smallest absolute Gasteiger partial charge is 0.325 e. The van der Waals surface area contributed by atoms with Crippen molar-refractivity contribution in [2.75, 3.05) is 16.2 Å². The molecule has 0 spiro atoms. The van der Waals surface area contributed by atoms with Crippen LogP contribution in [0.5, 0.6) is 0 Å². The monoisotopic (exact) mass is 524 g/mol. The number of benzene rings is 3. The van der Waals surface area contributed by atoms with Crippen molar-refractivity contribution in [1.82, 2.24) is 0 Å². The van der Waals surface area contributed by atoms with E-state index in [4.69, 9.17) is 11.6 Å². The third kappa shape index (κ3) is 6.76. The molecule has 1 amide bonds. The molecule has 1 N–H and O–H groups in total. The first kappa shape index (κ1) is 26.6. The van der Waals surface area contributed by atoms with Crippen molar-refractivity contribution in [3.63, 3.8) is 0 Å². The minimum Gasteiger partial charge on any atom is -0.325 e. The van der Waals surface area contributed by atoms with E-state index in [-0.39, 0.29) is 10.6 Å². The van der Waals surface area contributed by atoms with Gasteiger partial charge in [-0.1, -0.05) is 55.3 Å². The number of nitrogens with zero attached hydrogens (tertiary/aromatic N) is 1. The zero-order chi connectivity index (χ0) is 25.6. The lowest BCUT2D eigenvalue weighted by Crippen LogP contribution is -2.38. The van der Waals surface area contributed by atoms with E-state index in [9.17, 15) is 26.4 Å². The van der Waals surface area contributed by atoms with Crippen LogP contribution in [0.3, 0.4) is 0 Å². The normalized spacial score (nSPS) is 11.8. The Balaban J connectivity index is 1.93. The number of halogens is 4. The molecular formula is C25H24ClF3N2O3S. The number of carbonyl (C=O) groups is 1. The van der Waals surface area contributed by atoms with Crippen molar-refractivity contribution in [3.8, 4) is 0 Å². The zero-order valence-corrected chi connectivity index (χ0v) is 20.4. The largest absolute Gasteiger partial charge is 0.417 e. The van der Waals surface area contributed by atoms with Gasteiger partial charge < -0.3 is 5.32 Å². The molecule has 3 rings (SSSR count). The Morgan fingerprint density at radius 2 is 1.66 bits per heavy atom. The Hall–Kier alpha value is -3.04. The molecule has 0 aliphatic carbocycles. The average molecular weight is 525 g/mol. The van der Waals surface area contributed by atoms with Crippen molar-refractivity contribution in [2.45, 2.75) is 37.3 Å². The Morgan fingerprint density at radius 3 is 2.26 bits per heavy atom. The molecule has 3 aromatic rings. The van der Waals surface area contributed by atoms with Crippen LogP contribution in [0.1, 0.15) is 30.9 Å². The molecule has 35 heavy (non-hydrogen) atoms. The summed E-state index contributed by atoms with van der Waals surface area (Å²) < 4.78 is 67.6. The van der Waals surface area contributed by atoms with Gasteiger partial charge in [-0.05, 0) is 60.9 Å². The van der Waals surface area contributed by atoms with Gasteiger partial charge in [0.1, 0.15) is 6.54 Å². The standard InChI is InChI=1S/C25H24ClF3N2O3S/c1-2-3-7-18-10-12-19(13-11-18)30-24(32)17-31(35(33,34)21-8-5-4-6-9-21)20-14-15-23(26)22(16-20)25(27,28)29/h4-6,8-16H,2-3,7,17H2,1H3,(H,30,32). The van der Waals surface area contributed by atoms with Gasteiger partial charge in [-0.15, -0.1) is 0 Å². The third-order valence-electron chi connectivity index (χ3n) is 5.22. The molecule has 5 nitrogen and oxygen atoms in total. The number of sulfonamides is 1. The van der Waals surface area contributed by atoms with Crippen LogP contribution in [0.4, 0.5) is 24.5 Å². The molecule has 10 heteroatoms. The fourth-order valence-corrected chi connectivity index (χ4v) is 5.05. The maximum Gasteiger partial charge on any atom is 0.417 e. The van der Waals surface area contributed by atoms with E-state index < -0.39 is 39.2 Å². The molecule has 0 unspecified atom stereocenters. The van der Waals surface area contributed by atoms with Crippen LogP contribution >= 0.6 is 11.6 Å². The van der Waals surface area contributed by atoms with E-state index in [1.807, 2.05) is 12.1 Å². The minimum atomic E-state index is -4.81. The van der Waals surface area contributed by atoms with Gasteiger partial charge in [0.15, 0.2) is 0 Å². The molecule has 3 aromatic carbocycles. The summed E-state index contributed by atoms with van der Waals surface area (Å²) in [7, 11) is -4.37. The van der Waals surface area contributed by atoms with Crippen LogP contribution in [-0.2, 0) is 27.4 Å². The average Bonchev–Trinajstić information content (AvgIpc) is 2.82. The lowest BCUT2D eigenvalue weighted by atomic mass is 10.1. The fourth-order valence-electron chi connectivity index (χ4n) is 3.39. The summed E-state index contributed by atoms with van der Waals surface area (Å²) in [6, 6.07) is 17.0. The lowest BCUT2D eigenvalue weighted by Gasteiger charge is -2.25. The van der Waals surface area contributed by atoms with Gasteiger partial charge in [0.2, 0.25) is 5.91 Å². The molecule has 0 aliphatic heterocycles. The molecule has 0 atom stereocenters. The number of hydrogen-bond acceptors (Lipinski definition) is 3. The van der Waals surface area contributed by atoms with Gasteiger partial charge in [-0.25, -0.2) is 8.42 Å². The number of amides is 1. The summed E-state index contributed by atoms with van der Waals surface area (Å²) in [5.41, 5.74) is 0.00187. The van der Waals surface area contributed by atoms with Crippen molar-refractivity contribution in [1.29, 1.82) is 0 Å². The summed E-state index contributed by atoms with van der Waals surface area (Å²) >= 11 is 5.71. The number of rotatable bonds is 9. The first-order valence-corrected chi connectivity index (χ1v) is 12.7. The number of carbonyl (C=O) groups excluding carboxylic acids is 1. The molecule has 0 saturated heterocycles. The molecule has 0 bridgehead atoms. The molecule has 0 aromatic heterocycles. The van der Waals surface area contributed by atoms with E-state index >= 15 is 0 Å². The van der Waals surface area contributed by atoms with Crippen LogP contribution in [0.2, 0.25) is 5.02 Å². The zero-order valence-electron chi connectivity index (χ0n) is 18.8. The summed E-state index contributed by atoms with van der Waals surface area (Å²) in [6.07, 6.45) is -1.84. The molecule has 186 valence electrons. The summed E-state index contributed by atoms with van der Waals surface area (Å²) in [4.78, 5) is 12.6. The maximum atomic E-state index is 13.4. The molecule has 0 aliphatic rings. The van der Waals surface area contributed by atoms with Crippen LogP contribution in [0.15, 0.2) is 77.7 Å².